The Hall–Kier alpha value is -1.53. The minimum Gasteiger partial charge on any atom is -0.369 e. The standard InChI is InChI=1S/C9H11N5O/c1-2-11-9-12-6-13-14(9)7(1)8-5-10-3-4-15-8/h1-2,6,8,10H,3-5H2/t8-/m1/s1. The highest BCUT2D eigenvalue weighted by Gasteiger charge is 2.19. The van der Waals surface area contributed by atoms with Crippen LogP contribution in [0.3, 0.4) is 0 Å². The smallest absolute Gasteiger partial charge is 0.252 e. The van der Waals surface area contributed by atoms with Gasteiger partial charge in [-0.3, -0.25) is 0 Å². The van der Waals surface area contributed by atoms with Crippen molar-refractivity contribution < 1.29 is 4.74 Å². The van der Waals surface area contributed by atoms with Crippen molar-refractivity contribution in [3.63, 3.8) is 0 Å². The fraction of sp³-hybridized carbons (Fsp3) is 0.444. The van der Waals surface area contributed by atoms with Gasteiger partial charge < -0.3 is 10.1 Å². The van der Waals surface area contributed by atoms with Gasteiger partial charge in [0.2, 0.25) is 0 Å². The van der Waals surface area contributed by atoms with Crippen LogP contribution < -0.4 is 5.32 Å². The Morgan fingerprint density at radius 3 is 3.33 bits per heavy atom. The number of hydrogen-bond acceptors (Lipinski definition) is 5. The molecule has 6 heteroatoms. The van der Waals surface area contributed by atoms with Gasteiger partial charge in [-0.2, -0.15) is 14.6 Å². The zero-order valence-corrected chi connectivity index (χ0v) is 8.13. The van der Waals surface area contributed by atoms with Crippen LogP contribution in [0.5, 0.6) is 0 Å². The number of ether oxygens (including phenoxy) is 1. The van der Waals surface area contributed by atoms with Crippen LogP contribution in [0.2, 0.25) is 0 Å². The van der Waals surface area contributed by atoms with Gasteiger partial charge in [-0.25, -0.2) is 4.98 Å². The van der Waals surface area contributed by atoms with E-state index in [4.69, 9.17) is 4.74 Å². The molecule has 0 aliphatic carbocycles. The van der Waals surface area contributed by atoms with E-state index >= 15 is 0 Å². The van der Waals surface area contributed by atoms with Crippen molar-refractivity contribution in [3.05, 3.63) is 24.3 Å². The zero-order valence-electron chi connectivity index (χ0n) is 8.13. The summed E-state index contributed by atoms with van der Waals surface area (Å²) in [6.07, 6.45) is 3.27. The minimum atomic E-state index is 0.0333. The SMILES string of the molecule is c1cc([C@H]2CNCCO2)n2ncnc2n1. The fourth-order valence-electron chi connectivity index (χ4n) is 1.76. The molecule has 0 unspecified atom stereocenters. The molecule has 2 aromatic heterocycles. The van der Waals surface area contributed by atoms with Crippen LogP contribution in [0, 0.1) is 0 Å². The molecule has 0 bridgehead atoms. The summed E-state index contributed by atoms with van der Waals surface area (Å²) < 4.78 is 7.38. The monoisotopic (exact) mass is 205 g/mol. The highest BCUT2D eigenvalue weighted by molar-refractivity contribution is 5.27. The normalized spacial score (nSPS) is 22.0. The highest BCUT2D eigenvalue weighted by atomic mass is 16.5. The van der Waals surface area contributed by atoms with E-state index in [-0.39, 0.29) is 6.10 Å². The van der Waals surface area contributed by atoms with E-state index in [1.54, 1.807) is 10.7 Å². The maximum Gasteiger partial charge on any atom is 0.252 e. The first-order chi connectivity index (χ1) is 7.45. The molecular weight excluding hydrogens is 194 g/mol. The maximum absolute atomic E-state index is 5.66. The van der Waals surface area contributed by atoms with Gasteiger partial charge in [-0.15, -0.1) is 0 Å². The predicted octanol–water partition coefficient (Wildman–Crippen LogP) is -0.215. The van der Waals surface area contributed by atoms with Crippen molar-refractivity contribution in [2.75, 3.05) is 19.7 Å². The summed E-state index contributed by atoms with van der Waals surface area (Å²) in [5, 5.41) is 7.41. The molecule has 1 saturated heterocycles. The summed E-state index contributed by atoms with van der Waals surface area (Å²) >= 11 is 0. The Kier molecular flexibility index (Phi) is 2.08. The molecule has 1 fully saturated rings. The molecule has 1 aliphatic heterocycles. The summed E-state index contributed by atoms with van der Waals surface area (Å²) in [4.78, 5) is 8.15. The second-order valence-corrected chi connectivity index (χ2v) is 3.41. The van der Waals surface area contributed by atoms with Crippen LogP contribution >= 0.6 is 0 Å². The second-order valence-electron chi connectivity index (χ2n) is 3.41. The number of aromatic nitrogens is 4. The first kappa shape index (κ1) is 8.75. The first-order valence-electron chi connectivity index (χ1n) is 4.92. The van der Waals surface area contributed by atoms with E-state index in [1.165, 1.54) is 6.33 Å². The summed E-state index contributed by atoms with van der Waals surface area (Å²) in [5.41, 5.74) is 0.990. The Morgan fingerprint density at radius 1 is 1.47 bits per heavy atom. The molecule has 3 rings (SSSR count). The highest BCUT2D eigenvalue weighted by Crippen LogP contribution is 2.17. The zero-order chi connectivity index (χ0) is 10.1. The summed E-state index contributed by atoms with van der Waals surface area (Å²) in [6, 6.07) is 1.92. The second kappa shape index (κ2) is 3.56. The van der Waals surface area contributed by atoms with Crippen molar-refractivity contribution >= 4 is 5.78 Å². The van der Waals surface area contributed by atoms with Crippen molar-refractivity contribution in [2.45, 2.75) is 6.10 Å². The van der Waals surface area contributed by atoms with Gasteiger partial charge in [-0.1, -0.05) is 0 Å². The van der Waals surface area contributed by atoms with E-state index in [9.17, 15) is 0 Å². The van der Waals surface area contributed by atoms with Crippen LogP contribution in [0.15, 0.2) is 18.6 Å². The third-order valence-corrected chi connectivity index (χ3v) is 2.47. The summed E-state index contributed by atoms with van der Waals surface area (Å²) in [6.45, 7) is 2.43. The van der Waals surface area contributed by atoms with Gasteiger partial charge in [-0.05, 0) is 6.07 Å². The topological polar surface area (TPSA) is 64.3 Å². The van der Waals surface area contributed by atoms with Crippen LogP contribution in [0.4, 0.5) is 0 Å². The molecule has 15 heavy (non-hydrogen) atoms. The lowest BCUT2D eigenvalue weighted by Crippen LogP contribution is -2.34. The van der Waals surface area contributed by atoms with Crippen molar-refractivity contribution in [2.24, 2.45) is 0 Å². The molecule has 3 heterocycles. The Morgan fingerprint density at radius 2 is 2.47 bits per heavy atom. The molecule has 78 valence electrons. The molecule has 0 aromatic carbocycles. The minimum absolute atomic E-state index is 0.0333. The lowest BCUT2D eigenvalue weighted by Gasteiger charge is -2.23. The van der Waals surface area contributed by atoms with Crippen LogP contribution in [0.25, 0.3) is 5.78 Å². The van der Waals surface area contributed by atoms with Gasteiger partial charge in [0.15, 0.2) is 0 Å². The van der Waals surface area contributed by atoms with Gasteiger partial charge in [0.25, 0.3) is 5.78 Å². The molecule has 0 radical (unpaired) electrons. The Labute approximate surface area is 86.3 Å². The number of nitrogens with zero attached hydrogens (tertiary/aromatic N) is 4. The van der Waals surface area contributed by atoms with Gasteiger partial charge >= 0.3 is 0 Å². The Bertz CT molecular complexity index is 462. The molecule has 1 aliphatic rings. The lowest BCUT2D eigenvalue weighted by molar-refractivity contribution is 0.0236. The predicted molar refractivity (Wildman–Crippen MR) is 52.3 cm³/mol. The van der Waals surface area contributed by atoms with Gasteiger partial charge in [0, 0.05) is 19.3 Å². The van der Waals surface area contributed by atoms with E-state index in [0.29, 0.717) is 5.78 Å². The van der Waals surface area contributed by atoms with E-state index in [2.05, 4.69) is 20.4 Å². The molecule has 0 amide bonds. The number of nitrogens with one attached hydrogen (secondary N) is 1. The van der Waals surface area contributed by atoms with Gasteiger partial charge in [0.1, 0.15) is 12.4 Å². The molecule has 0 saturated carbocycles. The number of rotatable bonds is 1. The summed E-state index contributed by atoms with van der Waals surface area (Å²) in [5.74, 6) is 0.613. The third-order valence-electron chi connectivity index (χ3n) is 2.47. The molecule has 0 spiro atoms. The largest absolute Gasteiger partial charge is 0.369 e. The van der Waals surface area contributed by atoms with Crippen molar-refractivity contribution in [1.82, 2.24) is 24.9 Å². The van der Waals surface area contributed by atoms with Crippen LogP contribution in [-0.4, -0.2) is 39.3 Å². The Balaban J connectivity index is 2.05. The molecule has 1 atom stereocenters. The van der Waals surface area contributed by atoms with Crippen LogP contribution in [0.1, 0.15) is 11.8 Å². The van der Waals surface area contributed by atoms with Crippen molar-refractivity contribution in [1.29, 1.82) is 0 Å². The van der Waals surface area contributed by atoms with Gasteiger partial charge in [0.05, 0.1) is 12.3 Å². The number of hydrogen-bond donors (Lipinski definition) is 1. The molecular formula is C9H11N5O. The fourth-order valence-corrected chi connectivity index (χ4v) is 1.76. The van der Waals surface area contributed by atoms with E-state index < -0.39 is 0 Å². The lowest BCUT2D eigenvalue weighted by atomic mass is 10.2. The number of fused-ring (bicyclic) bond motifs is 1. The van der Waals surface area contributed by atoms with Crippen molar-refractivity contribution in [3.8, 4) is 0 Å². The van der Waals surface area contributed by atoms with E-state index in [0.717, 1.165) is 25.4 Å². The molecule has 2 aromatic rings. The first-order valence-corrected chi connectivity index (χ1v) is 4.92. The molecule has 6 nitrogen and oxygen atoms in total. The average Bonchev–Trinajstić information content (AvgIpc) is 2.78. The van der Waals surface area contributed by atoms with E-state index in [1.807, 2.05) is 6.07 Å². The maximum atomic E-state index is 5.66. The van der Waals surface area contributed by atoms with Crippen LogP contribution in [-0.2, 0) is 4.74 Å². The average molecular weight is 205 g/mol. The summed E-state index contributed by atoms with van der Waals surface area (Å²) in [7, 11) is 0. The molecule has 1 N–H and O–H groups in total. The number of morpholine rings is 1. The third kappa shape index (κ3) is 1.47. The quantitative estimate of drug-likeness (QED) is 0.697.